The van der Waals surface area contributed by atoms with Gasteiger partial charge in [0.15, 0.2) is 21.3 Å². The first-order valence-corrected chi connectivity index (χ1v) is 11.8. The van der Waals surface area contributed by atoms with Gasteiger partial charge in [0, 0.05) is 41.5 Å². The highest BCUT2D eigenvalue weighted by Gasteiger charge is 2.24. The van der Waals surface area contributed by atoms with Crippen LogP contribution >= 0.6 is 0 Å². The van der Waals surface area contributed by atoms with Crippen LogP contribution in [0, 0.1) is 6.92 Å². The Bertz CT molecular complexity index is 1430. The summed E-state index contributed by atoms with van der Waals surface area (Å²) < 4.78 is 50.8. The van der Waals surface area contributed by atoms with Gasteiger partial charge in [0.25, 0.3) is 10.0 Å². The normalized spacial score (nSPS) is 12.3. The number of aryl methyl sites for hydroxylation is 1. The van der Waals surface area contributed by atoms with Crippen LogP contribution in [0.25, 0.3) is 22.4 Å². The largest absolute Gasteiger partial charge is 0.269 e. The summed E-state index contributed by atoms with van der Waals surface area (Å²) in [5.41, 5.74) is 1.29. The van der Waals surface area contributed by atoms with E-state index in [0.717, 1.165) is 6.26 Å². The molecular formula is C19H16N4O4S2. The van der Waals surface area contributed by atoms with Gasteiger partial charge >= 0.3 is 0 Å². The molecule has 29 heavy (non-hydrogen) atoms. The molecule has 4 rings (SSSR count). The minimum Gasteiger partial charge on any atom is -0.237 e. The van der Waals surface area contributed by atoms with Crippen LogP contribution in [0.15, 0.2) is 70.8 Å². The highest BCUT2D eigenvalue weighted by molar-refractivity contribution is 7.90. The molecule has 0 unspecified atom stereocenters. The van der Waals surface area contributed by atoms with Gasteiger partial charge < -0.3 is 0 Å². The van der Waals surface area contributed by atoms with Crippen molar-refractivity contribution in [2.45, 2.75) is 16.7 Å². The van der Waals surface area contributed by atoms with E-state index in [0.29, 0.717) is 16.6 Å². The zero-order valence-corrected chi connectivity index (χ0v) is 17.1. The van der Waals surface area contributed by atoms with Gasteiger partial charge in [0.05, 0.1) is 4.90 Å². The summed E-state index contributed by atoms with van der Waals surface area (Å²) in [5.74, 6) is 0.277. The lowest BCUT2D eigenvalue weighted by Gasteiger charge is -2.09. The molecule has 0 N–H and O–H groups in total. The van der Waals surface area contributed by atoms with E-state index in [4.69, 9.17) is 0 Å². The molecule has 0 saturated carbocycles. The van der Waals surface area contributed by atoms with Crippen molar-refractivity contribution >= 4 is 30.9 Å². The molecule has 0 radical (unpaired) electrons. The van der Waals surface area contributed by atoms with Crippen LogP contribution < -0.4 is 0 Å². The molecule has 3 aromatic heterocycles. The SMILES string of the molecule is Cc1cc2c(-c3ncc(S(C)(=O)=O)cn3)ccnc2n1S(=O)(=O)c1ccccc1. The Balaban J connectivity index is 1.92. The monoisotopic (exact) mass is 428 g/mol. The van der Waals surface area contributed by atoms with Crippen molar-refractivity contribution in [3.8, 4) is 11.4 Å². The smallest absolute Gasteiger partial charge is 0.237 e. The van der Waals surface area contributed by atoms with Gasteiger partial charge in [0.1, 0.15) is 4.90 Å². The fraction of sp³-hybridized carbons (Fsp3) is 0.105. The minimum absolute atomic E-state index is 0.00644. The van der Waals surface area contributed by atoms with Gasteiger partial charge in [0.2, 0.25) is 0 Å². The first kappa shape index (κ1) is 19.2. The number of aromatic nitrogens is 4. The summed E-state index contributed by atoms with van der Waals surface area (Å²) in [4.78, 5) is 12.7. The lowest BCUT2D eigenvalue weighted by Crippen LogP contribution is -2.14. The quantitative estimate of drug-likeness (QED) is 0.491. The van der Waals surface area contributed by atoms with Crippen LogP contribution in [-0.2, 0) is 19.9 Å². The number of hydrogen-bond donors (Lipinski definition) is 0. The molecule has 8 nitrogen and oxygen atoms in total. The van der Waals surface area contributed by atoms with Crippen LogP contribution in [-0.4, -0.2) is 42.0 Å². The Morgan fingerprint density at radius 1 is 0.862 bits per heavy atom. The summed E-state index contributed by atoms with van der Waals surface area (Å²) in [6.45, 7) is 1.68. The number of pyridine rings is 1. The third kappa shape index (κ3) is 3.30. The zero-order chi connectivity index (χ0) is 20.8. The van der Waals surface area contributed by atoms with Gasteiger partial charge in [-0.1, -0.05) is 18.2 Å². The number of nitrogens with zero attached hydrogens (tertiary/aromatic N) is 4. The molecule has 0 saturated heterocycles. The molecule has 0 bridgehead atoms. The maximum absolute atomic E-state index is 13.2. The first-order chi connectivity index (χ1) is 13.7. The molecular weight excluding hydrogens is 412 g/mol. The first-order valence-electron chi connectivity index (χ1n) is 8.50. The van der Waals surface area contributed by atoms with E-state index < -0.39 is 19.9 Å². The van der Waals surface area contributed by atoms with Crippen molar-refractivity contribution in [3.05, 3.63) is 66.7 Å². The highest BCUT2D eigenvalue weighted by atomic mass is 32.2. The van der Waals surface area contributed by atoms with E-state index in [1.807, 2.05) is 0 Å². The summed E-state index contributed by atoms with van der Waals surface area (Å²) in [6, 6.07) is 11.5. The lowest BCUT2D eigenvalue weighted by molar-refractivity contribution is 0.587. The van der Waals surface area contributed by atoms with Crippen LogP contribution in [0.4, 0.5) is 0 Å². The van der Waals surface area contributed by atoms with Crippen molar-refractivity contribution in [3.63, 3.8) is 0 Å². The molecule has 0 fully saturated rings. The zero-order valence-electron chi connectivity index (χ0n) is 15.5. The molecule has 3 heterocycles. The third-order valence-electron chi connectivity index (χ3n) is 4.41. The molecule has 0 spiro atoms. The van der Waals surface area contributed by atoms with Gasteiger partial charge in [-0.05, 0) is 31.2 Å². The van der Waals surface area contributed by atoms with Crippen LogP contribution in [0.1, 0.15) is 5.69 Å². The molecule has 0 amide bonds. The fourth-order valence-corrected chi connectivity index (χ4v) is 5.05. The fourth-order valence-electron chi connectivity index (χ4n) is 3.04. The van der Waals surface area contributed by atoms with Crippen molar-refractivity contribution in [2.24, 2.45) is 0 Å². The Morgan fingerprint density at radius 2 is 1.52 bits per heavy atom. The van der Waals surface area contributed by atoms with E-state index in [2.05, 4.69) is 15.0 Å². The van der Waals surface area contributed by atoms with E-state index in [9.17, 15) is 16.8 Å². The van der Waals surface area contributed by atoms with Crippen LogP contribution in [0.5, 0.6) is 0 Å². The minimum atomic E-state index is -3.84. The van der Waals surface area contributed by atoms with Gasteiger partial charge in [-0.25, -0.2) is 35.8 Å². The Hall–Kier alpha value is -3.11. The standard InChI is InChI=1S/C19H16N4O4S2/c1-13-10-17-16(18-21-11-15(12-22-18)28(2,24)25)8-9-20-19(17)23(13)29(26,27)14-6-4-3-5-7-14/h3-12H,1-2H3. The average molecular weight is 428 g/mol. The van der Waals surface area contributed by atoms with Crippen molar-refractivity contribution in [2.75, 3.05) is 6.26 Å². The number of sulfone groups is 1. The third-order valence-corrected chi connectivity index (χ3v) is 7.29. The molecule has 0 aliphatic carbocycles. The predicted molar refractivity (Wildman–Crippen MR) is 108 cm³/mol. The predicted octanol–water partition coefficient (Wildman–Crippen LogP) is 2.44. The van der Waals surface area contributed by atoms with Crippen molar-refractivity contribution in [1.29, 1.82) is 0 Å². The van der Waals surface area contributed by atoms with Gasteiger partial charge in [-0.15, -0.1) is 0 Å². The topological polar surface area (TPSA) is 112 Å². The van der Waals surface area contributed by atoms with Crippen molar-refractivity contribution in [1.82, 2.24) is 18.9 Å². The number of fused-ring (bicyclic) bond motifs is 1. The molecule has 1 aromatic carbocycles. The number of rotatable bonds is 4. The number of benzene rings is 1. The summed E-state index contributed by atoms with van der Waals surface area (Å²) in [5, 5.41) is 0.552. The van der Waals surface area contributed by atoms with Crippen LogP contribution in [0.3, 0.4) is 0 Å². The summed E-state index contributed by atoms with van der Waals surface area (Å²) in [7, 11) is -7.26. The molecule has 148 valence electrons. The second kappa shape index (κ2) is 6.75. The highest BCUT2D eigenvalue weighted by Crippen LogP contribution is 2.30. The second-order valence-electron chi connectivity index (χ2n) is 6.48. The Kier molecular flexibility index (Phi) is 4.47. The maximum atomic E-state index is 13.2. The summed E-state index contributed by atoms with van der Waals surface area (Å²) in [6.07, 6.45) is 5.01. The van der Waals surface area contributed by atoms with Crippen molar-refractivity contribution < 1.29 is 16.8 Å². The van der Waals surface area contributed by atoms with Gasteiger partial charge in [-0.3, -0.25) is 0 Å². The molecule has 0 aliphatic heterocycles. The molecule has 0 aliphatic rings. The Morgan fingerprint density at radius 3 is 2.14 bits per heavy atom. The van der Waals surface area contributed by atoms with Crippen LogP contribution in [0.2, 0.25) is 0 Å². The average Bonchev–Trinajstić information content (AvgIpc) is 3.04. The molecule has 10 heteroatoms. The molecule has 0 atom stereocenters. The van der Waals surface area contributed by atoms with E-state index in [1.54, 1.807) is 37.3 Å². The Labute approximate surface area is 167 Å². The molecule has 4 aromatic rings. The van der Waals surface area contributed by atoms with E-state index in [-0.39, 0.29) is 21.3 Å². The van der Waals surface area contributed by atoms with E-state index in [1.165, 1.54) is 34.7 Å². The maximum Gasteiger partial charge on any atom is 0.269 e. The van der Waals surface area contributed by atoms with E-state index >= 15 is 0 Å². The summed E-state index contributed by atoms with van der Waals surface area (Å²) >= 11 is 0. The lowest BCUT2D eigenvalue weighted by atomic mass is 10.1. The van der Waals surface area contributed by atoms with Gasteiger partial charge in [-0.2, -0.15) is 0 Å². The second-order valence-corrected chi connectivity index (χ2v) is 10.3. The number of hydrogen-bond acceptors (Lipinski definition) is 7.